The summed E-state index contributed by atoms with van der Waals surface area (Å²) in [6.45, 7) is 3.88. The fourth-order valence-corrected chi connectivity index (χ4v) is 6.68. The largest absolute Gasteiger partial charge is 0.480 e. The van der Waals surface area contributed by atoms with Crippen LogP contribution in [0.5, 0.6) is 0 Å². The fraction of sp³-hybridized carbons (Fsp3) is 0.714. The van der Waals surface area contributed by atoms with Crippen molar-refractivity contribution in [1.29, 1.82) is 0 Å². The number of nitrogens with two attached hydrogens (primary N) is 2. The van der Waals surface area contributed by atoms with E-state index in [9.17, 15) is 45.7 Å². The molecule has 2 atom stereocenters. The van der Waals surface area contributed by atoms with Crippen LogP contribution in [0.15, 0.2) is 0 Å². The highest BCUT2D eigenvalue weighted by atomic mass is 33.1. The summed E-state index contributed by atoms with van der Waals surface area (Å²) in [5.74, 6) is -4.55. The summed E-state index contributed by atoms with van der Waals surface area (Å²) in [7, 11) is -8.33. The molecule has 0 radical (unpaired) electrons. The van der Waals surface area contributed by atoms with Crippen molar-refractivity contribution in [3.8, 4) is 0 Å². The fourth-order valence-electron chi connectivity index (χ4n) is 2.03. The molecule has 0 rings (SSSR count). The summed E-state index contributed by atoms with van der Waals surface area (Å²) in [6.07, 6.45) is 0. The van der Waals surface area contributed by atoms with Crippen molar-refractivity contribution >= 4 is 87.9 Å². The van der Waals surface area contributed by atoms with E-state index >= 15 is 0 Å². The van der Waals surface area contributed by atoms with E-state index in [4.69, 9.17) is 35.9 Å². The summed E-state index contributed by atoms with van der Waals surface area (Å²) >= 11 is 9.89. The molecule has 0 aromatic rings. The molecule has 12 nitrogen and oxygen atoms in total. The van der Waals surface area contributed by atoms with Crippen LogP contribution >= 0.6 is 46.0 Å². The van der Waals surface area contributed by atoms with Gasteiger partial charge in [-0.25, -0.2) is 9.59 Å². The van der Waals surface area contributed by atoms with Gasteiger partial charge >= 0.3 is 11.9 Å². The number of carboxylic acid groups (broad SMARTS) is 2. The standard InChI is InChI=1S/C14H24N2O10S6/c1-11(2,31(21,22)23)7(27)13(15,9(17)18)5-29-30-6-14(16,10(19)20)8(28)12(3,4)32(24,25)26/h5-6,15-16H2,1-4H3,(H,17,18)(H,19,20)(H,21,22,23)(H,24,25,26)/t13-,14-/m1/s1. The van der Waals surface area contributed by atoms with E-state index in [0.717, 1.165) is 27.7 Å². The van der Waals surface area contributed by atoms with Crippen molar-refractivity contribution in [3.63, 3.8) is 0 Å². The van der Waals surface area contributed by atoms with Gasteiger partial charge in [0.05, 0.1) is 0 Å². The monoisotopic (exact) mass is 572 g/mol. The van der Waals surface area contributed by atoms with Crippen LogP contribution < -0.4 is 11.5 Å². The van der Waals surface area contributed by atoms with Crippen LogP contribution in [-0.4, -0.2) is 89.9 Å². The van der Waals surface area contributed by atoms with E-state index in [2.05, 4.69) is 0 Å². The maximum atomic E-state index is 11.7. The van der Waals surface area contributed by atoms with Crippen LogP contribution in [0.3, 0.4) is 0 Å². The Bertz CT molecular complexity index is 941. The minimum absolute atomic E-state index is 0.574. The molecule has 0 aliphatic heterocycles. The molecule has 0 unspecified atom stereocenters. The zero-order chi connectivity index (χ0) is 26.1. The maximum Gasteiger partial charge on any atom is 0.329 e. The first-order valence-electron chi connectivity index (χ1n) is 8.23. The highest BCUT2D eigenvalue weighted by Gasteiger charge is 2.52. The van der Waals surface area contributed by atoms with E-state index in [1.54, 1.807) is 0 Å². The molecule has 0 spiro atoms. The zero-order valence-electron chi connectivity index (χ0n) is 17.3. The van der Waals surface area contributed by atoms with Crippen LogP contribution in [0.25, 0.3) is 0 Å². The molecule has 186 valence electrons. The second-order valence-corrected chi connectivity index (χ2v) is 14.9. The predicted octanol–water partition coefficient (Wildman–Crippen LogP) is 0.00460. The van der Waals surface area contributed by atoms with Gasteiger partial charge in [0, 0.05) is 21.2 Å². The number of carbonyl (C=O) groups is 2. The van der Waals surface area contributed by atoms with Gasteiger partial charge in [0.15, 0.2) is 11.1 Å². The van der Waals surface area contributed by atoms with E-state index < -0.39 is 74.0 Å². The Balaban J connectivity index is 5.74. The molecule has 32 heavy (non-hydrogen) atoms. The van der Waals surface area contributed by atoms with Crippen LogP contribution in [0.1, 0.15) is 27.7 Å². The van der Waals surface area contributed by atoms with Gasteiger partial charge in [-0.2, -0.15) is 16.8 Å². The molecular formula is C14H24N2O10S6. The first-order chi connectivity index (χ1) is 13.9. The summed E-state index contributed by atoms with van der Waals surface area (Å²) in [4.78, 5) is 22.1. The summed E-state index contributed by atoms with van der Waals surface area (Å²) < 4.78 is 60.7. The smallest absolute Gasteiger partial charge is 0.329 e. The topological polar surface area (TPSA) is 235 Å². The van der Waals surface area contributed by atoms with Gasteiger partial charge < -0.3 is 21.7 Å². The quantitative estimate of drug-likeness (QED) is 0.0737. The molecule has 0 amide bonds. The Morgan fingerprint density at radius 3 is 1.12 bits per heavy atom. The third kappa shape index (κ3) is 6.16. The van der Waals surface area contributed by atoms with Gasteiger partial charge in [-0.05, 0) is 27.7 Å². The molecule has 0 aromatic heterocycles. The first-order valence-corrected chi connectivity index (χ1v) is 14.4. The van der Waals surface area contributed by atoms with Crippen molar-refractivity contribution in [1.82, 2.24) is 0 Å². The van der Waals surface area contributed by atoms with E-state index in [1.165, 1.54) is 0 Å². The van der Waals surface area contributed by atoms with Crippen LogP contribution in [0.4, 0.5) is 0 Å². The van der Waals surface area contributed by atoms with E-state index in [0.29, 0.717) is 21.6 Å². The molecule has 0 heterocycles. The van der Waals surface area contributed by atoms with Crippen LogP contribution in [0, 0.1) is 0 Å². The average Bonchev–Trinajstić information content (AvgIpc) is 2.61. The number of hydrogen-bond acceptors (Lipinski definition) is 12. The van der Waals surface area contributed by atoms with Gasteiger partial charge in [0.1, 0.15) is 9.49 Å². The maximum absolute atomic E-state index is 11.7. The molecule has 8 N–H and O–H groups in total. The molecule has 0 aliphatic rings. The molecule has 0 saturated heterocycles. The lowest BCUT2D eigenvalue weighted by molar-refractivity contribution is -0.140. The third-order valence-corrected chi connectivity index (χ3v) is 12.1. The summed E-state index contributed by atoms with van der Waals surface area (Å²) in [5.41, 5.74) is 6.79. The lowest BCUT2D eigenvalue weighted by atomic mass is 9.90. The van der Waals surface area contributed by atoms with Crippen LogP contribution in [-0.2, 0) is 29.8 Å². The minimum atomic E-state index is -4.82. The second kappa shape index (κ2) is 10.0. The van der Waals surface area contributed by atoms with E-state index in [1.807, 2.05) is 0 Å². The van der Waals surface area contributed by atoms with E-state index in [-0.39, 0.29) is 0 Å². The molecular weight excluding hydrogens is 549 g/mol. The molecule has 0 aromatic carbocycles. The molecule has 0 fully saturated rings. The second-order valence-electron chi connectivity index (χ2n) is 7.71. The third-order valence-electron chi connectivity index (χ3n) is 4.61. The predicted molar refractivity (Wildman–Crippen MR) is 130 cm³/mol. The van der Waals surface area contributed by atoms with Gasteiger partial charge in [0.2, 0.25) is 0 Å². The van der Waals surface area contributed by atoms with Gasteiger partial charge in [-0.3, -0.25) is 9.11 Å². The van der Waals surface area contributed by atoms with Crippen molar-refractivity contribution in [2.24, 2.45) is 11.5 Å². The minimum Gasteiger partial charge on any atom is -0.480 e. The van der Waals surface area contributed by atoms with Crippen molar-refractivity contribution in [3.05, 3.63) is 0 Å². The molecule has 0 saturated carbocycles. The van der Waals surface area contributed by atoms with Gasteiger partial charge in [0.25, 0.3) is 20.2 Å². The average molecular weight is 573 g/mol. The van der Waals surface area contributed by atoms with Crippen LogP contribution in [0.2, 0.25) is 0 Å². The molecule has 18 heteroatoms. The number of carboxylic acids is 2. The number of aliphatic carboxylic acids is 2. The van der Waals surface area contributed by atoms with Gasteiger partial charge in [-0.15, -0.1) is 0 Å². The normalized spacial score (nSPS) is 17.1. The number of thiocarbonyl (C=S) groups is 2. The highest BCUT2D eigenvalue weighted by Crippen LogP contribution is 2.34. The summed E-state index contributed by atoms with van der Waals surface area (Å²) in [6, 6.07) is 0. The van der Waals surface area contributed by atoms with Crippen molar-refractivity contribution in [2.75, 3.05) is 11.5 Å². The Morgan fingerprint density at radius 2 is 0.969 bits per heavy atom. The highest BCUT2D eigenvalue weighted by molar-refractivity contribution is 8.76. The lowest BCUT2D eigenvalue weighted by Crippen LogP contribution is -2.64. The Labute approximate surface area is 204 Å². The van der Waals surface area contributed by atoms with Crippen molar-refractivity contribution < 1.29 is 45.7 Å². The Morgan fingerprint density at radius 1 is 0.750 bits per heavy atom. The Hall–Kier alpha value is -0.440. The number of hydrogen-bond donors (Lipinski definition) is 6. The number of rotatable bonds is 13. The first kappa shape index (κ1) is 31.6. The lowest BCUT2D eigenvalue weighted by Gasteiger charge is -2.34. The molecule has 0 aliphatic carbocycles. The zero-order valence-corrected chi connectivity index (χ0v) is 22.2. The van der Waals surface area contributed by atoms with Gasteiger partial charge in [-0.1, -0.05) is 46.0 Å². The SMILES string of the molecule is CC(C)(C(=S)[C@](N)(CSSC[C@](N)(C(=O)O)C(=S)C(C)(C)S(=O)(=O)O)C(=O)O)S(=O)(=O)O. The summed E-state index contributed by atoms with van der Waals surface area (Å²) in [5, 5.41) is 19.0. The van der Waals surface area contributed by atoms with Crippen molar-refractivity contribution in [2.45, 2.75) is 48.3 Å². The Kier molecular flexibility index (Phi) is 9.91. The molecule has 0 bridgehead atoms.